The Balaban J connectivity index is 1.88. The number of hydrogen-bond acceptors (Lipinski definition) is 3. The van der Waals surface area contributed by atoms with Crippen LogP contribution in [0.15, 0.2) is 35.0 Å². The molecule has 26 heavy (non-hydrogen) atoms. The first kappa shape index (κ1) is 18.4. The molecule has 1 aliphatic rings. The molecule has 2 heterocycles. The van der Waals surface area contributed by atoms with Gasteiger partial charge in [-0.15, -0.1) is 0 Å². The van der Waals surface area contributed by atoms with Crippen LogP contribution < -0.4 is 4.72 Å². The van der Waals surface area contributed by atoms with Crippen molar-refractivity contribution in [3.8, 4) is 5.69 Å². The summed E-state index contributed by atoms with van der Waals surface area (Å²) < 4.78 is 55.9. The molecular weight excluding hydrogens is 362 g/mol. The Kier molecular flexibility index (Phi) is 4.99. The van der Waals surface area contributed by atoms with Gasteiger partial charge in [0.15, 0.2) is 11.6 Å². The molecule has 0 aliphatic carbocycles. The molecule has 0 bridgehead atoms. The summed E-state index contributed by atoms with van der Waals surface area (Å²) in [7, 11) is -3.68. The number of nitrogens with one attached hydrogen (secondary N) is 2. The summed E-state index contributed by atoms with van der Waals surface area (Å²) in [6.07, 6.45) is 5.77. The Labute approximate surface area is 150 Å². The van der Waals surface area contributed by atoms with E-state index in [-0.39, 0.29) is 23.0 Å². The lowest BCUT2D eigenvalue weighted by Gasteiger charge is -2.23. The molecule has 0 saturated heterocycles. The molecule has 0 amide bonds. The Bertz CT molecular complexity index is 961. The lowest BCUT2D eigenvalue weighted by atomic mass is 10.0. The number of nitrogens with zero attached hydrogens (tertiary/aromatic N) is 2. The summed E-state index contributed by atoms with van der Waals surface area (Å²) in [5.41, 5.74) is 1.17. The van der Waals surface area contributed by atoms with E-state index < -0.39 is 21.7 Å². The molecule has 1 unspecified atom stereocenters. The highest BCUT2D eigenvalue weighted by molar-refractivity contribution is 7.92. The molecule has 3 rings (SSSR count). The Hall–Kier alpha value is -2.42. The molecule has 0 fully saturated rings. The minimum absolute atomic E-state index is 0.0219. The maximum atomic E-state index is 14.7. The van der Waals surface area contributed by atoms with Crippen molar-refractivity contribution >= 4 is 21.9 Å². The van der Waals surface area contributed by atoms with Gasteiger partial charge in [-0.25, -0.2) is 17.2 Å². The minimum Gasteiger partial charge on any atom is -0.296 e. The number of rotatable bonds is 6. The van der Waals surface area contributed by atoms with Crippen molar-refractivity contribution in [2.45, 2.75) is 26.2 Å². The second-order valence-electron chi connectivity index (χ2n) is 6.26. The number of dihydropyridines is 1. The predicted molar refractivity (Wildman–Crippen MR) is 97.6 cm³/mol. The first-order valence-electron chi connectivity index (χ1n) is 8.25. The topological polar surface area (TPSA) is 79.2 Å². The number of aromatic nitrogens is 2. The van der Waals surface area contributed by atoms with Gasteiger partial charge in [0.05, 0.1) is 23.7 Å². The van der Waals surface area contributed by atoms with Gasteiger partial charge in [-0.3, -0.25) is 19.5 Å². The number of H-pyrrole nitrogens is 1. The second kappa shape index (κ2) is 7.06. The van der Waals surface area contributed by atoms with Gasteiger partial charge in [0.25, 0.3) is 0 Å². The summed E-state index contributed by atoms with van der Waals surface area (Å²) in [6, 6.07) is 2.11. The van der Waals surface area contributed by atoms with Gasteiger partial charge in [0.2, 0.25) is 10.0 Å². The van der Waals surface area contributed by atoms with E-state index in [0.717, 1.165) is 23.4 Å². The smallest absolute Gasteiger partial charge is 0.232 e. The van der Waals surface area contributed by atoms with E-state index >= 15 is 0 Å². The first-order chi connectivity index (χ1) is 12.3. The molecule has 140 valence electrons. The van der Waals surface area contributed by atoms with Gasteiger partial charge in [-0.1, -0.05) is 13.0 Å². The highest BCUT2D eigenvalue weighted by Crippen LogP contribution is 2.28. The third-order valence-corrected chi connectivity index (χ3v) is 5.50. The van der Waals surface area contributed by atoms with Gasteiger partial charge in [0, 0.05) is 18.3 Å². The minimum atomic E-state index is -3.68. The third-order valence-electron chi connectivity index (χ3n) is 4.02. The quantitative estimate of drug-likeness (QED) is 0.804. The van der Waals surface area contributed by atoms with Crippen LogP contribution in [0.25, 0.3) is 5.69 Å². The van der Waals surface area contributed by atoms with Gasteiger partial charge < -0.3 is 0 Å². The molecule has 9 heteroatoms. The van der Waals surface area contributed by atoms with Crippen LogP contribution in [-0.4, -0.2) is 36.7 Å². The van der Waals surface area contributed by atoms with Crippen LogP contribution in [0.5, 0.6) is 0 Å². The van der Waals surface area contributed by atoms with Crippen LogP contribution in [0, 0.1) is 11.6 Å². The Morgan fingerprint density at radius 2 is 2.12 bits per heavy atom. The second-order valence-corrected chi connectivity index (χ2v) is 8.10. The normalized spacial score (nSPS) is 17.4. The molecule has 0 saturated carbocycles. The monoisotopic (exact) mass is 382 g/mol. The fourth-order valence-electron chi connectivity index (χ4n) is 2.81. The van der Waals surface area contributed by atoms with Gasteiger partial charge in [-0.2, -0.15) is 0 Å². The van der Waals surface area contributed by atoms with Crippen LogP contribution in [0.1, 0.15) is 31.9 Å². The molecular formula is C17H20F2N4O2S. The van der Waals surface area contributed by atoms with Crippen molar-refractivity contribution < 1.29 is 17.2 Å². The number of benzene rings is 1. The molecule has 2 N–H and O–H groups in total. The van der Waals surface area contributed by atoms with Crippen LogP contribution in [0.3, 0.4) is 0 Å². The van der Waals surface area contributed by atoms with Gasteiger partial charge >= 0.3 is 0 Å². The van der Waals surface area contributed by atoms with Gasteiger partial charge in [-0.05, 0) is 31.1 Å². The molecule has 1 aromatic carbocycles. The maximum absolute atomic E-state index is 14.7. The molecule has 6 nitrogen and oxygen atoms in total. The molecule has 0 spiro atoms. The SMILES string of the molecule is CCCS(=O)(=O)Nc1ccc(F)c(-n2cc(C3C=C(C)C=NC3)[nH]2)c1F. The van der Waals surface area contributed by atoms with E-state index in [1.54, 1.807) is 19.3 Å². The number of aliphatic imine (C=N–C) groups is 1. The zero-order valence-electron chi connectivity index (χ0n) is 14.5. The van der Waals surface area contributed by atoms with Crippen molar-refractivity contribution in [1.29, 1.82) is 0 Å². The van der Waals surface area contributed by atoms with E-state index in [1.165, 1.54) is 4.68 Å². The van der Waals surface area contributed by atoms with Crippen LogP contribution in [0.4, 0.5) is 14.5 Å². The van der Waals surface area contributed by atoms with Crippen molar-refractivity contribution in [2.24, 2.45) is 4.99 Å². The summed E-state index contributed by atoms with van der Waals surface area (Å²) in [4.78, 5) is 4.23. The molecule has 1 aromatic heterocycles. The highest BCUT2D eigenvalue weighted by atomic mass is 32.2. The Morgan fingerprint density at radius 3 is 2.77 bits per heavy atom. The fraction of sp³-hybridized carbons (Fsp3) is 0.353. The van der Waals surface area contributed by atoms with E-state index in [2.05, 4.69) is 14.8 Å². The number of anilines is 1. The average molecular weight is 382 g/mol. The first-order valence-corrected chi connectivity index (χ1v) is 9.90. The Morgan fingerprint density at radius 1 is 1.38 bits per heavy atom. The van der Waals surface area contributed by atoms with Crippen molar-refractivity contribution in [3.05, 3.63) is 47.3 Å². The average Bonchev–Trinajstić information content (AvgIpc) is 2.52. The zero-order chi connectivity index (χ0) is 18.9. The zero-order valence-corrected chi connectivity index (χ0v) is 15.3. The maximum Gasteiger partial charge on any atom is 0.232 e. The van der Waals surface area contributed by atoms with Crippen molar-refractivity contribution in [3.63, 3.8) is 0 Å². The summed E-state index contributed by atoms with van der Waals surface area (Å²) in [6.45, 7) is 4.19. The van der Waals surface area contributed by atoms with E-state index in [4.69, 9.17) is 0 Å². The molecule has 0 radical (unpaired) electrons. The van der Waals surface area contributed by atoms with Crippen LogP contribution in [0.2, 0.25) is 0 Å². The molecule has 1 aliphatic heterocycles. The third kappa shape index (κ3) is 3.72. The predicted octanol–water partition coefficient (Wildman–Crippen LogP) is 3.35. The lowest BCUT2D eigenvalue weighted by Crippen LogP contribution is -2.21. The summed E-state index contributed by atoms with van der Waals surface area (Å²) >= 11 is 0. The molecule has 2 aromatic rings. The van der Waals surface area contributed by atoms with Crippen molar-refractivity contribution in [1.82, 2.24) is 9.78 Å². The number of hydrogen-bond donors (Lipinski definition) is 2. The number of halogens is 2. The number of sulfonamides is 1. The van der Waals surface area contributed by atoms with Gasteiger partial charge in [0.1, 0.15) is 5.69 Å². The van der Waals surface area contributed by atoms with E-state index in [9.17, 15) is 17.2 Å². The van der Waals surface area contributed by atoms with E-state index in [1.807, 2.05) is 13.0 Å². The number of aromatic amines is 1. The fourth-order valence-corrected chi connectivity index (χ4v) is 3.94. The summed E-state index contributed by atoms with van der Waals surface area (Å²) in [5.74, 6) is -1.88. The van der Waals surface area contributed by atoms with E-state index in [0.29, 0.717) is 13.0 Å². The van der Waals surface area contributed by atoms with Crippen LogP contribution >= 0.6 is 0 Å². The molecule has 1 atom stereocenters. The lowest BCUT2D eigenvalue weighted by molar-refractivity contribution is 0.543. The summed E-state index contributed by atoms with van der Waals surface area (Å²) in [5, 5.41) is 2.90. The van der Waals surface area contributed by atoms with Crippen molar-refractivity contribution in [2.75, 3.05) is 17.0 Å². The number of allylic oxidation sites excluding steroid dienone is 1. The largest absolute Gasteiger partial charge is 0.296 e. The highest BCUT2D eigenvalue weighted by Gasteiger charge is 2.22. The van der Waals surface area contributed by atoms with Crippen LogP contribution in [-0.2, 0) is 10.0 Å². The standard InChI is InChI=1S/C17H20F2N4O2S/c1-3-6-26(24,25)22-14-5-4-13(18)17(16(14)19)23-10-15(21-23)12-7-11(2)8-20-9-12/h4-5,7-8,10,12,21-22H,3,6,9H2,1-2H3.